The van der Waals surface area contributed by atoms with E-state index in [4.69, 9.17) is 0 Å². The van der Waals surface area contributed by atoms with Crippen molar-refractivity contribution in [3.8, 4) is 5.75 Å². The topological polar surface area (TPSA) is 32.3 Å². The number of halogens is 2. The van der Waals surface area contributed by atoms with E-state index in [-0.39, 0.29) is 17.6 Å². The summed E-state index contributed by atoms with van der Waals surface area (Å²) in [6.07, 6.45) is 0.824. The first-order valence-corrected chi connectivity index (χ1v) is 6.83. The molecular formula is C15H15BrFNO. The van der Waals surface area contributed by atoms with Crippen molar-refractivity contribution in [1.82, 2.24) is 0 Å². The predicted molar refractivity (Wildman–Crippen MR) is 79.0 cm³/mol. The van der Waals surface area contributed by atoms with Gasteiger partial charge in [-0.15, -0.1) is 0 Å². The lowest BCUT2D eigenvalue weighted by Crippen LogP contribution is -2.18. The summed E-state index contributed by atoms with van der Waals surface area (Å²) in [5.74, 6) is 0.00857. The molecule has 0 radical (unpaired) electrons. The summed E-state index contributed by atoms with van der Waals surface area (Å²) < 4.78 is 13.7. The molecule has 1 unspecified atom stereocenters. The lowest BCUT2D eigenvalue weighted by Gasteiger charge is -2.16. The number of nitrogens with one attached hydrogen (secondary N) is 1. The second-order valence-corrected chi connectivity index (χ2v) is 5.39. The summed E-state index contributed by atoms with van der Waals surface area (Å²) in [7, 11) is 0. The number of rotatable bonds is 4. The smallest absolute Gasteiger partial charge is 0.124 e. The third-order valence-electron chi connectivity index (χ3n) is 2.81. The molecule has 100 valence electrons. The van der Waals surface area contributed by atoms with Gasteiger partial charge in [-0.1, -0.05) is 12.1 Å². The van der Waals surface area contributed by atoms with E-state index in [1.807, 2.05) is 12.1 Å². The molecule has 0 heterocycles. The van der Waals surface area contributed by atoms with Crippen LogP contribution < -0.4 is 5.32 Å². The van der Waals surface area contributed by atoms with Crippen LogP contribution >= 0.6 is 15.9 Å². The molecule has 0 bridgehead atoms. The molecule has 19 heavy (non-hydrogen) atoms. The maximum Gasteiger partial charge on any atom is 0.124 e. The zero-order valence-electron chi connectivity index (χ0n) is 10.5. The van der Waals surface area contributed by atoms with Gasteiger partial charge in [0, 0.05) is 16.2 Å². The highest BCUT2D eigenvalue weighted by Gasteiger charge is 2.07. The van der Waals surface area contributed by atoms with Gasteiger partial charge in [0.15, 0.2) is 0 Å². The molecule has 0 saturated heterocycles. The minimum absolute atomic E-state index is 0.200. The number of hydrogen-bond donors (Lipinski definition) is 2. The Morgan fingerprint density at radius 2 is 1.89 bits per heavy atom. The summed E-state index contributed by atoms with van der Waals surface area (Å²) in [5.41, 5.74) is 2.00. The molecule has 2 rings (SSSR count). The number of phenolic OH excluding ortho intramolecular Hbond substituents is 1. The van der Waals surface area contributed by atoms with E-state index in [1.54, 1.807) is 18.2 Å². The quantitative estimate of drug-likeness (QED) is 0.877. The number of hydrogen-bond acceptors (Lipinski definition) is 2. The summed E-state index contributed by atoms with van der Waals surface area (Å²) in [4.78, 5) is 0. The molecule has 2 aromatic carbocycles. The van der Waals surface area contributed by atoms with E-state index in [9.17, 15) is 9.50 Å². The number of aromatic hydroxyl groups is 1. The largest absolute Gasteiger partial charge is 0.508 e. The Kier molecular flexibility index (Phi) is 4.43. The number of phenols is 1. The first-order valence-electron chi connectivity index (χ1n) is 6.04. The minimum Gasteiger partial charge on any atom is -0.508 e. The molecule has 0 fully saturated rings. The SMILES string of the molecule is CC(Cc1ccc(O)cc1)Nc1ccc(F)cc1Br. The van der Waals surface area contributed by atoms with E-state index in [0.29, 0.717) is 4.47 Å². The molecule has 0 aliphatic carbocycles. The van der Waals surface area contributed by atoms with Crippen molar-refractivity contribution in [3.63, 3.8) is 0 Å². The molecule has 1 atom stereocenters. The zero-order valence-corrected chi connectivity index (χ0v) is 12.1. The van der Waals surface area contributed by atoms with E-state index < -0.39 is 0 Å². The Hall–Kier alpha value is -1.55. The van der Waals surface area contributed by atoms with Gasteiger partial charge in [0.25, 0.3) is 0 Å². The molecular weight excluding hydrogens is 309 g/mol. The molecule has 0 saturated carbocycles. The highest BCUT2D eigenvalue weighted by Crippen LogP contribution is 2.24. The fourth-order valence-electron chi connectivity index (χ4n) is 1.91. The Balaban J connectivity index is 2.01. The first kappa shape index (κ1) is 13.9. The van der Waals surface area contributed by atoms with Gasteiger partial charge >= 0.3 is 0 Å². The molecule has 2 N–H and O–H groups in total. The highest BCUT2D eigenvalue weighted by molar-refractivity contribution is 9.10. The van der Waals surface area contributed by atoms with Gasteiger partial charge in [-0.05, 0) is 65.2 Å². The summed E-state index contributed by atoms with van der Waals surface area (Å²) in [5, 5.41) is 12.6. The molecule has 0 amide bonds. The van der Waals surface area contributed by atoms with Crippen LogP contribution in [-0.2, 0) is 6.42 Å². The third kappa shape index (κ3) is 3.96. The average molecular weight is 324 g/mol. The van der Waals surface area contributed by atoms with Crippen LogP contribution in [0.3, 0.4) is 0 Å². The van der Waals surface area contributed by atoms with Gasteiger partial charge in [-0.2, -0.15) is 0 Å². The summed E-state index contributed by atoms with van der Waals surface area (Å²) in [6.45, 7) is 2.06. The first-order chi connectivity index (χ1) is 9.04. The van der Waals surface area contributed by atoms with Gasteiger partial charge in [-0.25, -0.2) is 4.39 Å². The van der Waals surface area contributed by atoms with Gasteiger partial charge in [0.2, 0.25) is 0 Å². The zero-order chi connectivity index (χ0) is 13.8. The Morgan fingerprint density at radius 1 is 1.21 bits per heavy atom. The lowest BCUT2D eigenvalue weighted by molar-refractivity contribution is 0.475. The average Bonchev–Trinajstić information content (AvgIpc) is 2.36. The Morgan fingerprint density at radius 3 is 2.53 bits per heavy atom. The van der Waals surface area contributed by atoms with Crippen LogP contribution in [0, 0.1) is 5.82 Å². The van der Waals surface area contributed by atoms with E-state index in [2.05, 4.69) is 28.2 Å². The van der Waals surface area contributed by atoms with Crippen molar-refractivity contribution >= 4 is 21.6 Å². The summed E-state index contributed by atoms with van der Waals surface area (Å²) in [6, 6.07) is 11.9. The van der Waals surface area contributed by atoms with E-state index >= 15 is 0 Å². The van der Waals surface area contributed by atoms with Crippen LogP contribution in [0.5, 0.6) is 5.75 Å². The molecule has 0 aromatic heterocycles. The van der Waals surface area contributed by atoms with Crippen LogP contribution in [0.2, 0.25) is 0 Å². The number of anilines is 1. The predicted octanol–water partition coefficient (Wildman–Crippen LogP) is 4.34. The standard InChI is InChI=1S/C15H15BrFNO/c1-10(8-11-2-5-13(19)6-3-11)18-15-7-4-12(17)9-14(15)16/h2-7,9-10,18-19H,8H2,1H3. The van der Waals surface area contributed by atoms with Crippen LogP contribution in [0.15, 0.2) is 46.9 Å². The lowest BCUT2D eigenvalue weighted by atomic mass is 10.1. The van der Waals surface area contributed by atoms with Crippen molar-refractivity contribution in [1.29, 1.82) is 0 Å². The van der Waals surface area contributed by atoms with Gasteiger partial charge < -0.3 is 10.4 Å². The molecule has 0 spiro atoms. The monoisotopic (exact) mass is 323 g/mol. The van der Waals surface area contributed by atoms with Crippen LogP contribution in [-0.4, -0.2) is 11.1 Å². The van der Waals surface area contributed by atoms with Crippen molar-refractivity contribution in [2.45, 2.75) is 19.4 Å². The van der Waals surface area contributed by atoms with E-state index in [0.717, 1.165) is 17.7 Å². The third-order valence-corrected chi connectivity index (χ3v) is 3.47. The Bertz CT molecular complexity index is 557. The van der Waals surface area contributed by atoms with E-state index in [1.165, 1.54) is 12.1 Å². The van der Waals surface area contributed by atoms with Crippen molar-refractivity contribution < 1.29 is 9.50 Å². The summed E-state index contributed by atoms with van der Waals surface area (Å²) >= 11 is 3.34. The fraction of sp³-hybridized carbons (Fsp3) is 0.200. The van der Waals surface area contributed by atoms with Gasteiger partial charge in [0.1, 0.15) is 11.6 Å². The van der Waals surface area contributed by atoms with Crippen molar-refractivity contribution in [3.05, 3.63) is 58.3 Å². The minimum atomic E-state index is -0.261. The highest BCUT2D eigenvalue weighted by atomic mass is 79.9. The molecule has 4 heteroatoms. The Labute approximate surface area is 120 Å². The van der Waals surface area contributed by atoms with Gasteiger partial charge in [0.05, 0.1) is 0 Å². The van der Waals surface area contributed by atoms with Crippen LogP contribution in [0.1, 0.15) is 12.5 Å². The second kappa shape index (κ2) is 6.06. The maximum absolute atomic E-state index is 13.0. The second-order valence-electron chi connectivity index (χ2n) is 4.54. The molecule has 2 aromatic rings. The molecule has 2 nitrogen and oxygen atoms in total. The van der Waals surface area contributed by atoms with Gasteiger partial charge in [-0.3, -0.25) is 0 Å². The van der Waals surface area contributed by atoms with Crippen molar-refractivity contribution in [2.75, 3.05) is 5.32 Å². The van der Waals surface area contributed by atoms with Crippen LogP contribution in [0.25, 0.3) is 0 Å². The molecule has 0 aliphatic heterocycles. The van der Waals surface area contributed by atoms with Crippen molar-refractivity contribution in [2.24, 2.45) is 0 Å². The fourth-order valence-corrected chi connectivity index (χ4v) is 2.37. The maximum atomic E-state index is 13.0. The number of benzene rings is 2. The van der Waals surface area contributed by atoms with Crippen LogP contribution in [0.4, 0.5) is 10.1 Å². The molecule has 0 aliphatic rings. The normalized spacial score (nSPS) is 12.2.